The van der Waals surface area contributed by atoms with E-state index in [0.717, 1.165) is 38.8 Å². The van der Waals surface area contributed by atoms with Crippen molar-refractivity contribution in [1.82, 2.24) is 0 Å². The topological polar surface area (TPSA) is 26.0 Å². The molecule has 32 heavy (non-hydrogen) atoms. The molecule has 0 aromatic heterocycles. The molecule has 0 aliphatic heterocycles. The van der Waals surface area contributed by atoms with E-state index in [4.69, 9.17) is 5.73 Å². The van der Waals surface area contributed by atoms with E-state index in [2.05, 4.69) is 60.5 Å². The van der Waals surface area contributed by atoms with Gasteiger partial charge in [0.05, 0.1) is 0 Å². The molecule has 0 fully saturated rings. The van der Waals surface area contributed by atoms with Crippen molar-refractivity contribution in [2.45, 2.75) is 69.2 Å². The Morgan fingerprint density at radius 2 is 1.41 bits per heavy atom. The minimum absolute atomic E-state index is 0.764. The molecule has 2 rings (SSSR count). The number of aryl methyl sites for hydroxylation is 1. The number of nitrogens with two attached hydrogens (primary N) is 1. The zero-order chi connectivity index (χ0) is 25.7. The number of nitrogen functional groups attached to an aromatic ring is 1. The van der Waals surface area contributed by atoms with Crippen LogP contribution in [-0.4, -0.2) is 0 Å². The number of rotatable bonds is 5. The molecular formula is C30H48NP. The van der Waals surface area contributed by atoms with Gasteiger partial charge in [-0.25, -0.2) is 0 Å². The van der Waals surface area contributed by atoms with Crippen LogP contribution >= 0.6 is 9.24 Å². The first-order valence-electron chi connectivity index (χ1n) is 11.9. The Morgan fingerprint density at radius 3 is 1.88 bits per heavy atom. The molecule has 1 nitrogen and oxygen atoms in total. The zero-order valence-corrected chi connectivity index (χ0v) is 23.5. The van der Waals surface area contributed by atoms with Crippen molar-refractivity contribution in [2.75, 3.05) is 5.73 Å². The van der Waals surface area contributed by atoms with Crippen LogP contribution in [0.4, 0.5) is 5.69 Å². The summed E-state index contributed by atoms with van der Waals surface area (Å²) < 4.78 is 0. The minimum atomic E-state index is 0.764. The molecule has 2 N–H and O–H groups in total. The normalized spacial score (nSPS) is 9.84. The van der Waals surface area contributed by atoms with E-state index in [1.54, 1.807) is 6.08 Å². The van der Waals surface area contributed by atoms with Gasteiger partial charge in [0.25, 0.3) is 0 Å². The lowest BCUT2D eigenvalue weighted by molar-refractivity contribution is 1.40. The molecule has 178 valence electrons. The number of hydrogen-bond donors (Lipinski definition) is 1. The molecule has 2 aromatic rings. The number of allylic oxidation sites excluding steroid dienone is 3. The maximum Gasteiger partial charge on any atom is 0.0400 e. The lowest BCUT2D eigenvalue weighted by Crippen LogP contribution is -2.02. The fourth-order valence-electron chi connectivity index (χ4n) is 2.85. The van der Waals surface area contributed by atoms with Gasteiger partial charge in [-0.15, -0.1) is 9.24 Å². The molecule has 0 aliphatic carbocycles. The molecule has 0 saturated heterocycles. The third kappa shape index (κ3) is 10.3. The highest BCUT2D eigenvalue weighted by atomic mass is 31.0. The summed E-state index contributed by atoms with van der Waals surface area (Å²) in [6, 6.07) is 12.3. The van der Waals surface area contributed by atoms with Gasteiger partial charge in [-0.05, 0) is 53.1 Å². The molecule has 0 radical (unpaired) electrons. The highest BCUT2D eigenvalue weighted by molar-refractivity contribution is 7.23. The predicted molar refractivity (Wildman–Crippen MR) is 158 cm³/mol. The molecule has 1 atom stereocenters. The van der Waals surface area contributed by atoms with Gasteiger partial charge in [-0.2, -0.15) is 0 Å². The largest absolute Gasteiger partial charge is 0.398 e. The fourth-order valence-corrected chi connectivity index (χ4v) is 3.15. The maximum absolute atomic E-state index is 6.40. The smallest absolute Gasteiger partial charge is 0.0400 e. The Kier molecular flexibility index (Phi) is 23.4. The Hall–Kier alpha value is -2.37. The minimum Gasteiger partial charge on any atom is -0.398 e. The Morgan fingerprint density at radius 1 is 0.875 bits per heavy atom. The Balaban J connectivity index is -0.000000945. The van der Waals surface area contributed by atoms with Crippen molar-refractivity contribution in [1.29, 1.82) is 0 Å². The second-order valence-corrected chi connectivity index (χ2v) is 6.57. The van der Waals surface area contributed by atoms with Gasteiger partial charge < -0.3 is 5.73 Å². The zero-order valence-electron chi connectivity index (χ0n) is 22.3. The van der Waals surface area contributed by atoms with Gasteiger partial charge in [-0.3, -0.25) is 0 Å². The summed E-state index contributed by atoms with van der Waals surface area (Å²) in [6.45, 7) is 27.9. The standard InChI is InChI=1S/C22H24NP.4C2H6/c1-5-7-11-18-15(3)13-14-20(23)22(18)21(16(4)24)19-12-9-8-10-17(19)6-2;4*1-2/h5-14H,1-2,23-24H2,3-4H3;4*1-2H3/b11-7-,21-16-;;;;. The molecule has 0 spiro atoms. The van der Waals surface area contributed by atoms with Gasteiger partial charge in [0.1, 0.15) is 0 Å². The molecule has 1 unspecified atom stereocenters. The average molecular weight is 454 g/mol. The van der Waals surface area contributed by atoms with Gasteiger partial charge in [0.15, 0.2) is 0 Å². The summed E-state index contributed by atoms with van der Waals surface area (Å²) in [5.74, 6) is 0. The molecule has 0 aliphatic rings. The Labute approximate surface area is 202 Å². The van der Waals surface area contributed by atoms with Crippen LogP contribution in [0.3, 0.4) is 0 Å². The van der Waals surface area contributed by atoms with Gasteiger partial charge >= 0.3 is 0 Å². The Bertz CT molecular complexity index is 838. The summed E-state index contributed by atoms with van der Waals surface area (Å²) in [6.07, 6.45) is 7.67. The maximum atomic E-state index is 6.40. The van der Waals surface area contributed by atoms with Crippen LogP contribution in [0.1, 0.15) is 90.1 Å². The molecule has 2 aromatic carbocycles. The third-order valence-corrected chi connectivity index (χ3v) is 4.28. The van der Waals surface area contributed by atoms with Crippen molar-refractivity contribution in [3.8, 4) is 0 Å². The molecular weight excluding hydrogens is 405 g/mol. The highest BCUT2D eigenvalue weighted by Gasteiger charge is 2.17. The first-order valence-corrected chi connectivity index (χ1v) is 12.5. The molecule has 0 saturated carbocycles. The van der Waals surface area contributed by atoms with Crippen LogP contribution in [0, 0.1) is 6.92 Å². The summed E-state index contributed by atoms with van der Waals surface area (Å²) in [4.78, 5) is 0. The van der Waals surface area contributed by atoms with Crippen molar-refractivity contribution in [3.63, 3.8) is 0 Å². The average Bonchev–Trinajstić information content (AvgIpc) is 2.86. The van der Waals surface area contributed by atoms with Gasteiger partial charge in [0, 0.05) is 11.3 Å². The van der Waals surface area contributed by atoms with Crippen LogP contribution < -0.4 is 5.73 Å². The van der Waals surface area contributed by atoms with Crippen LogP contribution in [0.5, 0.6) is 0 Å². The van der Waals surface area contributed by atoms with Crippen LogP contribution in [-0.2, 0) is 0 Å². The lowest BCUT2D eigenvalue weighted by atomic mass is 9.87. The third-order valence-electron chi connectivity index (χ3n) is 3.99. The summed E-state index contributed by atoms with van der Waals surface area (Å²) in [7, 11) is 2.82. The van der Waals surface area contributed by atoms with Crippen molar-refractivity contribution in [3.05, 3.63) is 94.8 Å². The number of hydrogen-bond acceptors (Lipinski definition) is 1. The second kappa shape index (κ2) is 21.8. The van der Waals surface area contributed by atoms with E-state index >= 15 is 0 Å². The number of anilines is 1. The lowest BCUT2D eigenvalue weighted by Gasteiger charge is -2.19. The fraction of sp³-hybridized carbons (Fsp3) is 0.333. The molecule has 2 heteroatoms. The van der Waals surface area contributed by atoms with E-state index in [9.17, 15) is 0 Å². The predicted octanol–water partition coefficient (Wildman–Crippen LogP) is 10.2. The first-order chi connectivity index (χ1) is 15.5. The quantitative estimate of drug-likeness (QED) is 0.272. The van der Waals surface area contributed by atoms with Crippen molar-refractivity contribution < 1.29 is 0 Å². The highest BCUT2D eigenvalue weighted by Crippen LogP contribution is 2.38. The van der Waals surface area contributed by atoms with E-state index in [-0.39, 0.29) is 0 Å². The summed E-state index contributed by atoms with van der Waals surface area (Å²) in [5.41, 5.74) is 13.9. The van der Waals surface area contributed by atoms with Crippen molar-refractivity contribution >= 4 is 32.7 Å². The first kappa shape index (κ1) is 34.2. The van der Waals surface area contributed by atoms with Crippen LogP contribution in [0.2, 0.25) is 0 Å². The van der Waals surface area contributed by atoms with E-state index in [1.807, 2.05) is 85.7 Å². The van der Waals surface area contributed by atoms with Crippen LogP contribution in [0.15, 0.2) is 67.0 Å². The van der Waals surface area contributed by atoms with E-state index in [1.165, 1.54) is 5.56 Å². The van der Waals surface area contributed by atoms with E-state index < -0.39 is 0 Å². The molecule has 0 amide bonds. The number of benzene rings is 2. The van der Waals surface area contributed by atoms with Crippen molar-refractivity contribution in [2.24, 2.45) is 0 Å². The molecule has 0 heterocycles. The SMILES string of the molecule is C=C/C=C\c1c(C)ccc(N)c1/C(=C(/C)P)c1ccccc1C=C.CC.CC.CC.CC. The van der Waals surface area contributed by atoms with Gasteiger partial charge in [-0.1, -0.05) is 123 Å². The summed E-state index contributed by atoms with van der Waals surface area (Å²) >= 11 is 0. The second-order valence-electron chi connectivity index (χ2n) is 5.70. The monoisotopic (exact) mass is 453 g/mol. The van der Waals surface area contributed by atoms with Gasteiger partial charge in [0.2, 0.25) is 0 Å². The molecule has 0 bridgehead atoms. The van der Waals surface area contributed by atoms with Crippen LogP contribution in [0.25, 0.3) is 17.7 Å². The summed E-state index contributed by atoms with van der Waals surface area (Å²) in [5, 5.41) is 1.13. The van der Waals surface area contributed by atoms with E-state index in [0.29, 0.717) is 0 Å².